The molecule has 0 saturated heterocycles. The predicted molar refractivity (Wildman–Crippen MR) is 161 cm³/mol. The lowest BCUT2D eigenvalue weighted by atomic mass is 10.1. The van der Waals surface area contributed by atoms with E-state index in [1.807, 2.05) is 25.1 Å². The number of nitrogens with one attached hydrogen (secondary N) is 2. The number of hydrogen-bond acceptors (Lipinski definition) is 6. The average molecular weight is 587 g/mol. The van der Waals surface area contributed by atoms with E-state index in [0.717, 1.165) is 5.56 Å². The Balaban J connectivity index is 1.38. The lowest BCUT2D eigenvalue weighted by molar-refractivity contribution is -0.115. The van der Waals surface area contributed by atoms with E-state index in [2.05, 4.69) is 10.6 Å². The molecule has 0 bridgehead atoms. The number of nitrogens with zero attached hydrogens (tertiary/aromatic N) is 2. The summed E-state index contributed by atoms with van der Waals surface area (Å²) in [7, 11) is 0. The molecule has 0 aliphatic rings. The number of carbonyl (C=O) groups excluding carboxylic acids is 2. The first-order chi connectivity index (χ1) is 19.9. The van der Waals surface area contributed by atoms with Crippen LogP contribution in [0.2, 0.25) is 5.02 Å². The van der Waals surface area contributed by atoms with Gasteiger partial charge < -0.3 is 15.1 Å². The second kappa shape index (κ2) is 12.9. The average Bonchev–Trinajstić information content (AvgIpc) is 3.52. The fourth-order valence-electron chi connectivity index (χ4n) is 4.21. The molecule has 2 N–H and O–H groups in total. The molecule has 0 unspecified atom stereocenters. The van der Waals surface area contributed by atoms with Crippen molar-refractivity contribution in [2.24, 2.45) is 0 Å². The van der Waals surface area contributed by atoms with Crippen LogP contribution in [0.3, 0.4) is 0 Å². The van der Waals surface area contributed by atoms with Crippen molar-refractivity contribution in [1.29, 1.82) is 0 Å². The molecule has 1 atom stereocenters. The monoisotopic (exact) mass is 586 g/mol. The molecule has 5 aromatic rings. The molecule has 0 aliphatic carbocycles. The Bertz CT molecular complexity index is 1720. The topological polar surface area (TPSA) is 106 Å². The van der Waals surface area contributed by atoms with E-state index in [1.165, 1.54) is 11.8 Å². The van der Waals surface area contributed by atoms with E-state index in [-0.39, 0.29) is 30.5 Å². The van der Waals surface area contributed by atoms with Gasteiger partial charge in [0.2, 0.25) is 5.91 Å². The number of carbonyl (C=O) groups is 2. The highest BCUT2D eigenvalue weighted by atomic mass is 35.5. The summed E-state index contributed by atoms with van der Waals surface area (Å²) in [5.41, 5.74) is 2.30. The zero-order valence-corrected chi connectivity index (χ0v) is 23.7. The van der Waals surface area contributed by atoms with Gasteiger partial charge in [0.05, 0.1) is 35.5 Å². The largest absolute Gasteiger partial charge is 0.467 e. The number of benzene rings is 3. The number of rotatable bonds is 10. The molecule has 0 spiro atoms. The normalized spacial score (nSPS) is 11.8. The first-order valence-electron chi connectivity index (χ1n) is 13.0. The van der Waals surface area contributed by atoms with Gasteiger partial charge in [0, 0.05) is 16.3 Å². The second-order valence-corrected chi connectivity index (χ2v) is 10.9. The molecule has 0 aliphatic heterocycles. The minimum atomic E-state index is -0.495. The van der Waals surface area contributed by atoms with Crippen LogP contribution in [0.4, 0.5) is 5.69 Å². The van der Waals surface area contributed by atoms with Crippen LogP contribution in [-0.2, 0) is 17.9 Å². The van der Waals surface area contributed by atoms with Gasteiger partial charge in [-0.25, -0.2) is 4.98 Å². The van der Waals surface area contributed by atoms with E-state index >= 15 is 0 Å². The van der Waals surface area contributed by atoms with Crippen molar-refractivity contribution in [2.45, 2.75) is 36.8 Å². The quantitative estimate of drug-likeness (QED) is 0.151. The summed E-state index contributed by atoms with van der Waals surface area (Å²) in [4.78, 5) is 44.1. The van der Waals surface area contributed by atoms with Crippen LogP contribution in [0.1, 0.15) is 35.0 Å². The molecule has 0 saturated carbocycles. The Morgan fingerprint density at radius 3 is 2.46 bits per heavy atom. The molecular formula is C31H27ClN4O4S. The molecule has 41 heavy (non-hydrogen) atoms. The summed E-state index contributed by atoms with van der Waals surface area (Å²) < 4.78 is 6.84. The van der Waals surface area contributed by atoms with Gasteiger partial charge in [-0.3, -0.25) is 19.0 Å². The molecule has 3 aromatic carbocycles. The lowest BCUT2D eigenvalue weighted by Crippen LogP contribution is -2.28. The number of halogens is 1. The highest BCUT2D eigenvalue weighted by molar-refractivity contribution is 8.00. The summed E-state index contributed by atoms with van der Waals surface area (Å²) in [5.74, 6) is 0.236. The third-order valence-electron chi connectivity index (χ3n) is 6.41. The summed E-state index contributed by atoms with van der Waals surface area (Å²) in [6.45, 7) is 2.43. The van der Waals surface area contributed by atoms with Gasteiger partial charge >= 0.3 is 0 Å². The van der Waals surface area contributed by atoms with Crippen molar-refractivity contribution in [1.82, 2.24) is 14.9 Å². The molecule has 2 amide bonds. The number of para-hydroxylation sites is 1. The fourth-order valence-corrected chi connectivity index (χ4v) is 5.35. The van der Waals surface area contributed by atoms with Gasteiger partial charge in [-0.1, -0.05) is 54.6 Å². The Morgan fingerprint density at radius 1 is 1.00 bits per heavy atom. The number of hydrogen-bond donors (Lipinski definition) is 2. The highest BCUT2D eigenvalue weighted by Gasteiger charge is 2.22. The van der Waals surface area contributed by atoms with Crippen molar-refractivity contribution in [2.75, 3.05) is 5.32 Å². The van der Waals surface area contributed by atoms with Gasteiger partial charge in [-0.2, -0.15) is 0 Å². The van der Waals surface area contributed by atoms with Crippen LogP contribution in [0.15, 0.2) is 106 Å². The third kappa shape index (κ3) is 6.87. The maximum Gasteiger partial charge on any atom is 0.262 e. The first kappa shape index (κ1) is 28.2. The van der Waals surface area contributed by atoms with E-state index in [4.69, 9.17) is 21.0 Å². The maximum atomic E-state index is 13.6. The van der Waals surface area contributed by atoms with Crippen molar-refractivity contribution in [3.8, 4) is 0 Å². The Morgan fingerprint density at radius 2 is 1.76 bits per heavy atom. The number of amides is 2. The van der Waals surface area contributed by atoms with Gasteiger partial charge in [0.15, 0.2) is 5.16 Å². The van der Waals surface area contributed by atoms with Crippen LogP contribution < -0.4 is 16.2 Å². The van der Waals surface area contributed by atoms with Gasteiger partial charge in [-0.05, 0) is 72.6 Å². The summed E-state index contributed by atoms with van der Waals surface area (Å²) in [5, 5.41) is 6.75. The van der Waals surface area contributed by atoms with Crippen molar-refractivity contribution in [3.63, 3.8) is 0 Å². The number of fused-ring (bicyclic) bond motifs is 1. The van der Waals surface area contributed by atoms with Crippen molar-refractivity contribution in [3.05, 3.63) is 123 Å². The van der Waals surface area contributed by atoms with E-state index in [0.29, 0.717) is 44.5 Å². The molecule has 2 aromatic heterocycles. The summed E-state index contributed by atoms with van der Waals surface area (Å²) in [6, 6.07) is 24.7. The predicted octanol–water partition coefficient (Wildman–Crippen LogP) is 6.13. The fraction of sp³-hybridized carbons (Fsp3) is 0.161. The summed E-state index contributed by atoms with van der Waals surface area (Å²) >= 11 is 7.22. The molecule has 8 nitrogen and oxygen atoms in total. The number of aromatic nitrogens is 2. The molecule has 2 heterocycles. The minimum Gasteiger partial charge on any atom is -0.467 e. The van der Waals surface area contributed by atoms with Crippen molar-refractivity contribution >= 4 is 51.8 Å². The zero-order valence-electron chi connectivity index (χ0n) is 22.2. The van der Waals surface area contributed by atoms with Crippen LogP contribution in [0.25, 0.3) is 10.9 Å². The lowest BCUT2D eigenvalue weighted by Gasteiger charge is -2.18. The maximum absolute atomic E-state index is 13.6. The SMILES string of the molecule is CC[C@H](Sc1nc2ccccc2c(=O)n1Cc1ccc(C(=O)NCc2ccco2)cc1)C(=O)Nc1ccc(Cl)cc1. The Hall–Kier alpha value is -4.34. The number of anilines is 1. The Labute approximate surface area is 245 Å². The number of thioether (sulfide) groups is 1. The van der Waals surface area contributed by atoms with E-state index in [9.17, 15) is 14.4 Å². The molecule has 0 radical (unpaired) electrons. The molecule has 208 valence electrons. The van der Waals surface area contributed by atoms with Crippen LogP contribution in [0.5, 0.6) is 0 Å². The first-order valence-corrected chi connectivity index (χ1v) is 14.3. The van der Waals surface area contributed by atoms with E-state index in [1.54, 1.807) is 77.6 Å². The van der Waals surface area contributed by atoms with Gasteiger partial charge in [-0.15, -0.1) is 0 Å². The molecular weight excluding hydrogens is 560 g/mol. The smallest absolute Gasteiger partial charge is 0.262 e. The van der Waals surface area contributed by atoms with Gasteiger partial charge in [0.25, 0.3) is 11.5 Å². The zero-order chi connectivity index (χ0) is 28.8. The van der Waals surface area contributed by atoms with Crippen LogP contribution in [-0.4, -0.2) is 26.6 Å². The Kier molecular flexibility index (Phi) is 8.86. The summed E-state index contributed by atoms with van der Waals surface area (Å²) in [6.07, 6.45) is 2.08. The van der Waals surface area contributed by atoms with Gasteiger partial charge in [0.1, 0.15) is 5.76 Å². The minimum absolute atomic E-state index is 0.196. The van der Waals surface area contributed by atoms with E-state index < -0.39 is 5.25 Å². The molecule has 10 heteroatoms. The standard InChI is InChI=1S/C31H27ClN4O4S/c1-2-27(29(38)34-23-15-13-22(32)14-16-23)41-31-35-26-8-4-3-7-25(26)30(39)36(31)19-20-9-11-21(12-10-20)28(37)33-18-24-6-5-17-40-24/h3-17,27H,2,18-19H2,1H3,(H,33,37)(H,34,38)/t27-/m0/s1. The highest BCUT2D eigenvalue weighted by Crippen LogP contribution is 2.27. The third-order valence-corrected chi connectivity index (χ3v) is 8.02. The molecule has 0 fully saturated rings. The second-order valence-electron chi connectivity index (χ2n) is 9.27. The van der Waals surface area contributed by atoms with Crippen LogP contribution in [0, 0.1) is 0 Å². The van der Waals surface area contributed by atoms with Crippen molar-refractivity contribution < 1.29 is 14.0 Å². The molecule has 5 rings (SSSR count). The number of furan rings is 1. The van der Waals surface area contributed by atoms with Crippen LogP contribution >= 0.6 is 23.4 Å².